The van der Waals surface area contributed by atoms with Crippen LogP contribution in [0.25, 0.3) is 44.4 Å². The van der Waals surface area contributed by atoms with Crippen molar-refractivity contribution in [2.75, 3.05) is 13.1 Å². The average Bonchev–Trinajstić information content (AvgIpc) is 3.86. The van der Waals surface area contributed by atoms with E-state index in [1.54, 1.807) is 4.90 Å². The van der Waals surface area contributed by atoms with Crippen molar-refractivity contribution in [3.05, 3.63) is 83.7 Å². The summed E-state index contributed by atoms with van der Waals surface area (Å²) in [5.41, 5.74) is 5.10. The highest BCUT2D eigenvalue weighted by Gasteiger charge is 2.35. The standard InChI is InChI=1S/C36H37ClN6O4/c1-36(2,3)47-35(46)43-17-5-6-28(43)32-38-20-27(39-32)26-15-14-24-18-23(12-13-25(24)19-26)21-8-10-22(11-9-21)30-31(37)41-33(40-30)29-7-4-16-42(29)34(44)45/h8-15,18-20,28-29H,4-7,16-17H2,1-3H3,(H,38,39)(H,40,41)(H,44,45). The summed E-state index contributed by atoms with van der Waals surface area (Å²) in [4.78, 5) is 43.5. The minimum absolute atomic E-state index is 0.131. The lowest BCUT2D eigenvalue weighted by Crippen LogP contribution is -2.36. The van der Waals surface area contributed by atoms with E-state index in [-0.39, 0.29) is 18.2 Å². The van der Waals surface area contributed by atoms with Crippen LogP contribution in [0, 0.1) is 0 Å². The van der Waals surface area contributed by atoms with Gasteiger partial charge >= 0.3 is 12.2 Å². The number of imidazole rings is 2. The number of nitrogens with one attached hydrogen (secondary N) is 2. The number of aromatic nitrogens is 4. The highest BCUT2D eigenvalue weighted by atomic mass is 35.5. The maximum atomic E-state index is 12.8. The number of halogens is 1. The number of ether oxygens (including phenoxy) is 1. The summed E-state index contributed by atoms with van der Waals surface area (Å²) in [6.07, 6.45) is 3.86. The number of H-pyrrole nitrogens is 2. The van der Waals surface area contributed by atoms with Crippen LogP contribution in [0.15, 0.2) is 66.9 Å². The highest BCUT2D eigenvalue weighted by molar-refractivity contribution is 6.31. The molecule has 2 fully saturated rings. The van der Waals surface area contributed by atoms with Crippen molar-refractivity contribution >= 4 is 34.6 Å². The van der Waals surface area contributed by atoms with Gasteiger partial charge in [-0.15, -0.1) is 0 Å². The molecular weight excluding hydrogens is 616 g/mol. The van der Waals surface area contributed by atoms with E-state index in [1.165, 1.54) is 4.90 Å². The summed E-state index contributed by atoms with van der Waals surface area (Å²) < 4.78 is 5.63. The van der Waals surface area contributed by atoms with Gasteiger partial charge in [-0.05, 0) is 80.5 Å². The summed E-state index contributed by atoms with van der Waals surface area (Å²) in [5, 5.41) is 12.1. The summed E-state index contributed by atoms with van der Waals surface area (Å²) in [6, 6.07) is 20.4. The Bertz CT molecular complexity index is 1960. The van der Waals surface area contributed by atoms with Crippen LogP contribution >= 0.6 is 11.6 Å². The third-order valence-electron chi connectivity index (χ3n) is 8.94. The van der Waals surface area contributed by atoms with Crippen molar-refractivity contribution in [2.45, 2.75) is 64.1 Å². The first-order valence-electron chi connectivity index (χ1n) is 16.0. The first kappa shape index (κ1) is 30.8. The molecule has 47 heavy (non-hydrogen) atoms. The van der Waals surface area contributed by atoms with Crippen LogP contribution in [0.5, 0.6) is 0 Å². The highest BCUT2D eigenvalue weighted by Crippen LogP contribution is 2.36. The van der Waals surface area contributed by atoms with E-state index < -0.39 is 11.7 Å². The predicted molar refractivity (Wildman–Crippen MR) is 181 cm³/mol. The van der Waals surface area contributed by atoms with E-state index in [4.69, 9.17) is 16.3 Å². The average molecular weight is 653 g/mol. The van der Waals surface area contributed by atoms with E-state index in [9.17, 15) is 14.7 Å². The molecule has 242 valence electrons. The molecule has 5 aromatic rings. The second-order valence-corrected chi connectivity index (χ2v) is 13.6. The third-order valence-corrected chi connectivity index (χ3v) is 9.22. The van der Waals surface area contributed by atoms with Crippen LogP contribution in [0.4, 0.5) is 9.59 Å². The van der Waals surface area contributed by atoms with Gasteiger partial charge in [0.15, 0.2) is 5.15 Å². The molecule has 3 N–H and O–H groups in total. The zero-order valence-electron chi connectivity index (χ0n) is 26.6. The molecule has 0 bridgehead atoms. The van der Waals surface area contributed by atoms with E-state index in [2.05, 4.69) is 68.5 Å². The Hall–Kier alpha value is -4.83. The Kier molecular flexibility index (Phi) is 7.91. The van der Waals surface area contributed by atoms with E-state index >= 15 is 0 Å². The number of fused-ring (bicyclic) bond motifs is 1. The molecule has 2 amide bonds. The number of carbonyl (C=O) groups excluding carboxylic acids is 1. The lowest BCUT2D eigenvalue weighted by atomic mass is 9.98. The van der Waals surface area contributed by atoms with E-state index in [0.717, 1.165) is 70.2 Å². The monoisotopic (exact) mass is 652 g/mol. The van der Waals surface area contributed by atoms with Crippen molar-refractivity contribution in [2.24, 2.45) is 0 Å². The quantitative estimate of drug-likeness (QED) is 0.174. The van der Waals surface area contributed by atoms with Gasteiger partial charge in [0.1, 0.15) is 17.2 Å². The van der Waals surface area contributed by atoms with Crippen molar-refractivity contribution in [1.29, 1.82) is 0 Å². The second-order valence-electron chi connectivity index (χ2n) is 13.3. The molecule has 0 aliphatic carbocycles. The Morgan fingerprint density at radius 1 is 0.830 bits per heavy atom. The number of nitrogens with zero attached hydrogens (tertiary/aromatic N) is 4. The van der Waals surface area contributed by atoms with Gasteiger partial charge in [0.05, 0.1) is 29.7 Å². The summed E-state index contributed by atoms with van der Waals surface area (Å²) in [7, 11) is 0. The molecule has 2 saturated heterocycles. The molecule has 0 radical (unpaired) electrons. The zero-order chi connectivity index (χ0) is 32.9. The fraction of sp³-hybridized carbons (Fsp3) is 0.333. The predicted octanol–water partition coefficient (Wildman–Crippen LogP) is 8.83. The number of hydrogen-bond acceptors (Lipinski definition) is 5. The van der Waals surface area contributed by atoms with E-state index in [0.29, 0.717) is 29.8 Å². The smallest absolute Gasteiger partial charge is 0.410 e. The van der Waals surface area contributed by atoms with Crippen LogP contribution in [0.3, 0.4) is 0 Å². The topological polar surface area (TPSA) is 127 Å². The normalized spacial score (nSPS) is 18.3. The van der Waals surface area contributed by atoms with Crippen LogP contribution in [0.2, 0.25) is 5.15 Å². The Morgan fingerprint density at radius 2 is 1.43 bits per heavy atom. The number of carboxylic acid groups (broad SMARTS) is 1. The number of rotatable bonds is 5. The molecule has 0 saturated carbocycles. The number of carbonyl (C=O) groups is 2. The fourth-order valence-electron chi connectivity index (χ4n) is 6.66. The molecule has 7 rings (SSSR count). The maximum Gasteiger partial charge on any atom is 0.410 e. The number of aromatic amines is 2. The molecule has 4 heterocycles. The lowest BCUT2D eigenvalue weighted by Gasteiger charge is -2.27. The number of hydrogen-bond donors (Lipinski definition) is 3. The molecule has 2 unspecified atom stereocenters. The van der Waals surface area contributed by atoms with Crippen molar-refractivity contribution in [3.63, 3.8) is 0 Å². The Morgan fingerprint density at radius 3 is 2.11 bits per heavy atom. The zero-order valence-corrected chi connectivity index (χ0v) is 27.3. The molecule has 10 nitrogen and oxygen atoms in total. The first-order chi connectivity index (χ1) is 22.5. The van der Waals surface area contributed by atoms with Gasteiger partial charge in [-0.1, -0.05) is 60.1 Å². The number of amides is 2. The Labute approximate surface area is 277 Å². The van der Waals surface area contributed by atoms with Gasteiger partial charge in [-0.25, -0.2) is 19.6 Å². The minimum Gasteiger partial charge on any atom is -0.465 e. The van der Waals surface area contributed by atoms with E-state index in [1.807, 2.05) is 39.1 Å². The van der Waals surface area contributed by atoms with Gasteiger partial charge in [0, 0.05) is 24.2 Å². The molecule has 2 aliphatic heterocycles. The lowest BCUT2D eigenvalue weighted by molar-refractivity contribution is 0.0218. The molecule has 11 heteroatoms. The summed E-state index contributed by atoms with van der Waals surface area (Å²) in [5.74, 6) is 1.35. The van der Waals surface area contributed by atoms with Gasteiger partial charge in [0.25, 0.3) is 0 Å². The molecule has 3 aromatic carbocycles. The summed E-state index contributed by atoms with van der Waals surface area (Å²) >= 11 is 6.50. The van der Waals surface area contributed by atoms with Crippen LogP contribution in [0.1, 0.15) is 70.2 Å². The first-order valence-corrected chi connectivity index (χ1v) is 16.4. The minimum atomic E-state index is -0.944. The van der Waals surface area contributed by atoms with Gasteiger partial charge < -0.3 is 19.8 Å². The van der Waals surface area contributed by atoms with Crippen LogP contribution in [-0.2, 0) is 4.74 Å². The summed E-state index contributed by atoms with van der Waals surface area (Å²) in [6.45, 7) is 6.79. The van der Waals surface area contributed by atoms with Crippen LogP contribution < -0.4 is 0 Å². The van der Waals surface area contributed by atoms with Crippen molar-refractivity contribution < 1.29 is 19.4 Å². The van der Waals surface area contributed by atoms with Gasteiger partial charge in [-0.2, -0.15) is 0 Å². The largest absolute Gasteiger partial charge is 0.465 e. The number of likely N-dealkylation sites (tertiary alicyclic amines) is 2. The molecule has 2 aromatic heterocycles. The fourth-order valence-corrected chi connectivity index (χ4v) is 6.91. The third kappa shape index (κ3) is 6.17. The molecule has 2 atom stereocenters. The van der Waals surface area contributed by atoms with Gasteiger partial charge in [0.2, 0.25) is 0 Å². The maximum absolute atomic E-state index is 12.8. The second kappa shape index (κ2) is 12.1. The molecular formula is C36H37ClN6O4. The molecule has 0 spiro atoms. The van der Waals surface area contributed by atoms with Gasteiger partial charge in [-0.3, -0.25) is 9.80 Å². The number of benzene rings is 3. The van der Waals surface area contributed by atoms with Crippen molar-refractivity contribution in [1.82, 2.24) is 29.7 Å². The Balaban J connectivity index is 1.07. The van der Waals surface area contributed by atoms with Crippen LogP contribution in [-0.4, -0.2) is 65.7 Å². The SMILES string of the molecule is CC(C)(C)OC(=O)N1CCCC1c1ncc(-c2ccc3cc(-c4ccc(-c5[nH]c(C6CCCN6C(=O)O)nc5Cl)cc4)ccc3c2)[nH]1. The molecule has 2 aliphatic rings. The van der Waals surface area contributed by atoms with Crippen molar-refractivity contribution in [3.8, 4) is 33.6 Å².